The van der Waals surface area contributed by atoms with Gasteiger partial charge in [0.15, 0.2) is 0 Å². The minimum atomic E-state index is -3.78. The van der Waals surface area contributed by atoms with Crippen molar-refractivity contribution in [2.45, 2.75) is 24.3 Å². The predicted octanol–water partition coefficient (Wildman–Crippen LogP) is 4.05. The fraction of sp³-hybridized carbons (Fsp3) is 0.286. The van der Waals surface area contributed by atoms with Crippen LogP contribution in [0.5, 0.6) is 0 Å². The molecule has 0 atom stereocenters. The summed E-state index contributed by atoms with van der Waals surface area (Å²) in [5, 5.41) is 7.95. The van der Waals surface area contributed by atoms with Crippen molar-refractivity contribution < 1.29 is 17.2 Å². The number of halogens is 2. The number of hydrogen-bond acceptors (Lipinski definition) is 6. The first-order valence-corrected chi connectivity index (χ1v) is 13.9. The van der Waals surface area contributed by atoms with Gasteiger partial charge in [0.2, 0.25) is 0 Å². The summed E-state index contributed by atoms with van der Waals surface area (Å²) in [4.78, 5) is 4.80. The number of benzene rings is 3. The highest BCUT2D eigenvalue weighted by molar-refractivity contribution is 7.89. The molecule has 2 heterocycles. The molecule has 4 aromatic rings. The zero-order valence-corrected chi connectivity index (χ0v) is 21.9. The van der Waals surface area contributed by atoms with Gasteiger partial charge in [-0.25, -0.2) is 8.78 Å². The molecule has 5 rings (SSSR count). The molecule has 0 N–H and O–H groups in total. The van der Waals surface area contributed by atoms with Gasteiger partial charge in [0.1, 0.15) is 11.6 Å². The van der Waals surface area contributed by atoms with Gasteiger partial charge in [-0.05, 0) is 54.4 Å². The van der Waals surface area contributed by atoms with Crippen molar-refractivity contribution in [1.29, 1.82) is 0 Å². The van der Waals surface area contributed by atoms with E-state index in [4.69, 9.17) is 0 Å². The Hall–Kier alpha value is -3.47. The van der Waals surface area contributed by atoms with Crippen molar-refractivity contribution >= 4 is 10.0 Å². The van der Waals surface area contributed by atoms with E-state index in [2.05, 4.69) is 20.1 Å². The van der Waals surface area contributed by atoms with Gasteiger partial charge in [0.25, 0.3) is 10.0 Å². The number of aryl methyl sites for hydroxylation is 1. The number of rotatable bonds is 8. The Morgan fingerprint density at radius 2 is 1.37 bits per heavy atom. The van der Waals surface area contributed by atoms with E-state index in [-0.39, 0.29) is 22.6 Å². The first-order chi connectivity index (χ1) is 18.3. The lowest BCUT2D eigenvalue weighted by Gasteiger charge is -2.39. The lowest BCUT2D eigenvalue weighted by atomic mass is 9.96. The van der Waals surface area contributed by atoms with Gasteiger partial charge in [0.05, 0.1) is 22.8 Å². The maximum atomic E-state index is 13.6. The summed E-state index contributed by atoms with van der Waals surface area (Å²) in [5.41, 5.74) is 3.50. The second-order valence-corrected chi connectivity index (χ2v) is 11.3. The highest BCUT2D eigenvalue weighted by Crippen LogP contribution is 2.30. The van der Waals surface area contributed by atoms with E-state index in [1.807, 2.05) is 6.92 Å². The third-order valence-electron chi connectivity index (χ3n) is 6.91. The van der Waals surface area contributed by atoms with Crippen LogP contribution in [0.4, 0.5) is 8.78 Å². The molecule has 3 aromatic carbocycles. The predicted molar refractivity (Wildman–Crippen MR) is 140 cm³/mol. The molecule has 1 aliphatic rings. The molecule has 7 nitrogen and oxygen atoms in total. The molecule has 0 aliphatic carbocycles. The van der Waals surface area contributed by atoms with E-state index >= 15 is 0 Å². The van der Waals surface area contributed by atoms with E-state index < -0.39 is 10.0 Å². The van der Waals surface area contributed by atoms with Crippen molar-refractivity contribution in [3.05, 3.63) is 113 Å². The molecular weight excluding hydrogens is 508 g/mol. The summed E-state index contributed by atoms with van der Waals surface area (Å²) < 4.78 is 53.8. The fourth-order valence-corrected chi connectivity index (χ4v) is 5.84. The van der Waals surface area contributed by atoms with Crippen LogP contribution in [-0.2, 0) is 16.4 Å². The van der Waals surface area contributed by atoms with Gasteiger partial charge in [-0.1, -0.05) is 47.2 Å². The summed E-state index contributed by atoms with van der Waals surface area (Å²) in [5.74, 6) is -0.583. The van der Waals surface area contributed by atoms with Crippen molar-refractivity contribution in [3.8, 4) is 0 Å². The molecule has 10 heteroatoms. The first-order valence-electron chi connectivity index (χ1n) is 12.5. The van der Waals surface area contributed by atoms with Crippen molar-refractivity contribution in [2.75, 3.05) is 32.7 Å². The number of piperazine rings is 1. The van der Waals surface area contributed by atoms with Crippen LogP contribution >= 0.6 is 0 Å². The average molecular weight is 538 g/mol. The molecular formula is C28H29F2N5O2S. The highest BCUT2D eigenvalue weighted by Gasteiger charge is 2.27. The van der Waals surface area contributed by atoms with Gasteiger partial charge in [-0.15, -0.1) is 9.19 Å². The summed E-state index contributed by atoms with van der Waals surface area (Å²) >= 11 is 0. The summed E-state index contributed by atoms with van der Waals surface area (Å²) in [7, 11) is -3.78. The van der Waals surface area contributed by atoms with Gasteiger partial charge >= 0.3 is 0 Å². The summed E-state index contributed by atoms with van der Waals surface area (Å²) in [6.07, 6.45) is 2.05. The monoisotopic (exact) mass is 537 g/mol. The second-order valence-electron chi connectivity index (χ2n) is 9.53. The van der Waals surface area contributed by atoms with Crippen LogP contribution < -0.4 is 0 Å². The number of nitrogens with zero attached hydrogens (tertiary/aromatic N) is 5. The Labute approximate surface area is 221 Å². The van der Waals surface area contributed by atoms with Crippen LogP contribution in [0, 0.1) is 18.6 Å². The Morgan fingerprint density at radius 3 is 1.92 bits per heavy atom. The average Bonchev–Trinajstić information content (AvgIpc) is 3.41. The summed E-state index contributed by atoms with van der Waals surface area (Å²) in [6, 6.07) is 19.5. The molecule has 0 bridgehead atoms. The molecule has 1 fully saturated rings. The van der Waals surface area contributed by atoms with E-state index in [0.29, 0.717) is 12.1 Å². The first kappa shape index (κ1) is 26.1. The van der Waals surface area contributed by atoms with E-state index in [1.54, 1.807) is 48.5 Å². The summed E-state index contributed by atoms with van der Waals surface area (Å²) in [6.45, 7) is 5.76. The van der Waals surface area contributed by atoms with Crippen molar-refractivity contribution in [3.63, 3.8) is 0 Å². The normalized spacial score (nSPS) is 15.3. The Morgan fingerprint density at radius 1 is 0.816 bits per heavy atom. The standard InChI is InChI=1S/C28H29F2N5O2S/c1-21-2-12-27(13-3-21)38(36,37)35-20-26(31-32-35)14-15-33-16-18-34(19-17-33)28(22-4-8-24(29)9-5-22)23-6-10-25(30)11-7-23/h2-13,20,28H,14-19H2,1H3. The van der Waals surface area contributed by atoms with Crippen LogP contribution in [0.1, 0.15) is 28.4 Å². The molecule has 1 aliphatic heterocycles. The van der Waals surface area contributed by atoms with E-state index in [1.165, 1.54) is 30.5 Å². The molecule has 1 saturated heterocycles. The zero-order valence-electron chi connectivity index (χ0n) is 21.0. The molecule has 0 unspecified atom stereocenters. The van der Waals surface area contributed by atoms with Gasteiger partial charge < -0.3 is 4.90 Å². The minimum Gasteiger partial charge on any atom is -0.300 e. The maximum Gasteiger partial charge on any atom is 0.284 e. The molecule has 0 radical (unpaired) electrons. The minimum absolute atomic E-state index is 0.106. The third kappa shape index (κ3) is 5.82. The topological polar surface area (TPSA) is 71.3 Å². The zero-order chi connectivity index (χ0) is 26.7. The third-order valence-corrected chi connectivity index (χ3v) is 8.45. The number of hydrogen-bond donors (Lipinski definition) is 0. The Bertz CT molecular complexity index is 1420. The molecule has 1 aromatic heterocycles. The van der Waals surface area contributed by atoms with E-state index in [0.717, 1.165) is 53.5 Å². The molecule has 0 spiro atoms. The molecule has 198 valence electrons. The van der Waals surface area contributed by atoms with Crippen molar-refractivity contribution in [1.82, 2.24) is 24.2 Å². The molecule has 0 saturated carbocycles. The van der Waals surface area contributed by atoms with E-state index in [9.17, 15) is 17.2 Å². The quantitative estimate of drug-likeness (QED) is 0.338. The second kappa shape index (κ2) is 11.1. The Kier molecular flexibility index (Phi) is 7.64. The van der Waals surface area contributed by atoms with Crippen LogP contribution in [-0.4, -0.2) is 65.3 Å². The lowest BCUT2D eigenvalue weighted by Crippen LogP contribution is -2.48. The highest BCUT2D eigenvalue weighted by atomic mass is 32.2. The van der Waals surface area contributed by atoms with Crippen molar-refractivity contribution in [2.24, 2.45) is 0 Å². The lowest BCUT2D eigenvalue weighted by molar-refractivity contribution is 0.110. The van der Waals surface area contributed by atoms with Gasteiger partial charge in [-0.2, -0.15) is 8.42 Å². The molecule has 38 heavy (non-hydrogen) atoms. The largest absolute Gasteiger partial charge is 0.300 e. The van der Waals surface area contributed by atoms with Crippen LogP contribution in [0.2, 0.25) is 0 Å². The smallest absolute Gasteiger partial charge is 0.284 e. The van der Waals surface area contributed by atoms with Crippen LogP contribution in [0.3, 0.4) is 0 Å². The molecule has 0 amide bonds. The van der Waals surface area contributed by atoms with Gasteiger partial charge in [0, 0.05) is 39.1 Å². The van der Waals surface area contributed by atoms with Crippen LogP contribution in [0.15, 0.2) is 83.9 Å². The number of aromatic nitrogens is 3. The Balaban J connectivity index is 1.21. The maximum absolute atomic E-state index is 13.6. The SMILES string of the molecule is Cc1ccc(S(=O)(=O)n2cc(CCN3CCN(C(c4ccc(F)cc4)c4ccc(F)cc4)CC3)nn2)cc1. The van der Waals surface area contributed by atoms with Crippen LogP contribution in [0.25, 0.3) is 0 Å². The van der Waals surface area contributed by atoms with Gasteiger partial charge in [-0.3, -0.25) is 4.90 Å². The fourth-order valence-electron chi connectivity index (χ4n) is 4.75.